The molecule has 114 valence electrons. The van der Waals surface area contributed by atoms with Gasteiger partial charge >= 0.3 is 0 Å². The van der Waals surface area contributed by atoms with E-state index in [-0.39, 0.29) is 5.91 Å². The average molecular weight is 351 g/mol. The van der Waals surface area contributed by atoms with E-state index in [1.54, 1.807) is 0 Å². The molecule has 21 heavy (non-hydrogen) atoms. The topological polar surface area (TPSA) is 23.6 Å². The molecule has 2 aliphatic heterocycles. The summed E-state index contributed by atoms with van der Waals surface area (Å²) in [7, 11) is 0. The van der Waals surface area contributed by atoms with Crippen LogP contribution in [-0.2, 0) is 0 Å². The molecule has 2 unspecified atom stereocenters. The fourth-order valence-electron chi connectivity index (χ4n) is 3.59. The summed E-state index contributed by atoms with van der Waals surface area (Å²) in [5.74, 6) is 0.192. The van der Waals surface area contributed by atoms with Gasteiger partial charge in [-0.1, -0.05) is 15.9 Å². The Labute approximate surface area is 135 Å². The summed E-state index contributed by atoms with van der Waals surface area (Å²) < 4.78 is 1.02. The molecule has 3 rings (SSSR count). The minimum absolute atomic E-state index is 0.192. The monoisotopic (exact) mass is 350 g/mol. The van der Waals surface area contributed by atoms with Crippen molar-refractivity contribution in [2.24, 2.45) is 0 Å². The van der Waals surface area contributed by atoms with E-state index in [2.05, 4.69) is 32.7 Å². The van der Waals surface area contributed by atoms with Gasteiger partial charge in [0.2, 0.25) is 0 Å². The largest absolute Gasteiger partial charge is 0.334 e. The van der Waals surface area contributed by atoms with Crippen LogP contribution in [0.4, 0.5) is 0 Å². The number of carbonyl (C=O) groups excluding carboxylic acids is 1. The summed E-state index contributed by atoms with van der Waals surface area (Å²) in [5.41, 5.74) is 0.805. The van der Waals surface area contributed by atoms with Gasteiger partial charge in [0.1, 0.15) is 0 Å². The van der Waals surface area contributed by atoms with Crippen molar-refractivity contribution in [3.8, 4) is 0 Å². The Kier molecular flexibility index (Phi) is 4.65. The van der Waals surface area contributed by atoms with Crippen LogP contribution in [0.15, 0.2) is 28.7 Å². The van der Waals surface area contributed by atoms with Crippen LogP contribution in [0, 0.1) is 0 Å². The zero-order valence-electron chi connectivity index (χ0n) is 12.6. The summed E-state index contributed by atoms with van der Waals surface area (Å²) >= 11 is 3.42. The van der Waals surface area contributed by atoms with Gasteiger partial charge in [-0.2, -0.15) is 0 Å². The highest BCUT2D eigenvalue weighted by Crippen LogP contribution is 2.25. The van der Waals surface area contributed by atoms with E-state index >= 15 is 0 Å². The maximum atomic E-state index is 12.7. The lowest BCUT2D eigenvalue weighted by Gasteiger charge is -2.30. The lowest BCUT2D eigenvalue weighted by Crippen LogP contribution is -2.44. The summed E-state index contributed by atoms with van der Waals surface area (Å²) in [6.45, 7) is 5.45. The van der Waals surface area contributed by atoms with Gasteiger partial charge < -0.3 is 4.90 Å². The lowest BCUT2D eigenvalue weighted by molar-refractivity contribution is 0.0696. The van der Waals surface area contributed by atoms with Gasteiger partial charge in [-0.15, -0.1) is 0 Å². The summed E-state index contributed by atoms with van der Waals surface area (Å²) in [6, 6.07) is 8.79. The van der Waals surface area contributed by atoms with Crippen LogP contribution < -0.4 is 0 Å². The fraction of sp³-hybridized carbons (Fsp3) is 0.588. The highest BCUT2D eigenvalue weighted by Gasteiger charge is 2.32. The number of benzene rings is 1. The first kappa shape index (κ1) is 15.0. The van der Waals surface area contributed by atoms with Crippen LogP contribution in [-0.4, -0.2) is 47.4 Å². The molecular formula is C17H23BrN2O. The number of likely N-dealkylation sites (tertiary alicyclic amines) is 2. The molecule has 0 bridgehead atoms. The third-order valence-corrected chi connectivity index (χ3v) is 5.39. The molecule has 2 aliphatic rings. The number of hydrogen-bond acceptors (Lipinski definition) is 2. The minimum atomic E-state index is 0.192. The second-order valence-electron chi connectivity index (χ2n) is 6.29. The van der Waals surface area contributed by atoms with Crippen molar-refractivity contribution in [1.82, 2.24) is 9.80 Å². The predicted molar refractivity (Wildman–Crippen MR) is 88.5 cm³/mol. The van der Waals surface area contributed by atoms with E-state index in [0.29, 0.717) is 12.1 Å². The molecule has 2 saturated heterocycles. The average Bonchev–Trinajstić information content (AvgIpc) is 3.09. The van der Waals surface area contributed by atoms with Gasteiger partial charge in [0.05, 0.1) is 0 Å². The van der Waals surface area contributed by atoms with Crippen LogP contribution >= 0.6 is 15.9 Å². The number of nitrogens with zero attached hydrogens (tertiary/aromatic N) is 2. The highest BCUT2D eigenvalue weighted by atomic mass is 79.9. The lowest BCUT2D eigenvalue weighted by atomic mass is 10.1. The smallest absolute Gasteiger partial charge is 0.254 e. The Morgan fingerprint density at radius 3 is 2.57 bits per heavy atom. The van der Waals surface area contributed by atoms with E-state index < -0.39 is 0 Å². The van der Waals surface area contributed by atoms with E-state index in [4.69, 9.17) is 0 Å². The summed E-state index contributed by atoms with van der Waals surface area (Å²) in [6.07, 6.45) is 4.88. The molecule has 2 atom stereocenters. The Morgan fingerprint density at radius 1 is 1.19 bits per heavy atom. The second-order valence-corrected chi connectivity index (χ2v) is 7.20. The third kappa shape index (κ3) is 3.32. The molecule has 0 N–H and O–H groups in total. The Balaban J connectivity index is 1.68. The molecule has 0 saturated carbocycles. The van der Waals surface area contributed by atoms with Gasteiger partial charge in [0.25, 0.3) is 5.91 Å². The SMILES string of the molecule is CC1CCCN1CC1CCCN1C(=O)c1ccc(Br)cc1. The van der Waals surface area contributed by atoms with Crippen LogP contribution in [0.5, 0.6) is 0 Å². The van der Waals surface area contributed by atoms with Gasteiger partial charge in [0.15, 0.2) is 0 Å². The van der Waals surface area contributed by atoms with Crippen molar-refractivity contribution in [2.45, 2.75) is 44.7 Å². The van der Waals surface area contributed by atoms with Crippen molar-refractivity contribution in [3.63, 3.8) is 0 Å². The van der Waals surface area contributed by atoms with Crippen molar-refractivity contribution in [2.75, 3.05) is 19.6 Å². The first-order valence-electron chi connectivity index (χ1n) is 7.96. The molecule has 2 fully saturated rings. The standard InChI is InChI=1S/C17H23BrN2O/c1-13-4-2-10-19(13)12-16-5-3-11-20(16)17(21)14-6-8-15(18)9-7-14/h6-9,13,16H,2-5,10-12H2,1H3. The molecule has 0 aliphatic carbocycles. The van der Waals surface area contributed by atoms with E-state index in [0.717, 1.165) is 36.0 Å². The number of hydrogen-bond donors (Lipinski definition) is 0. The first-order chi connectivity index (χ1) is 10.1. The van der Waals surface area contributed by atoms with Crippen LogP contribution in [0.2, 0.25) is 0 Å². The molecule has 1 aromatic carbocycles. The normalized spacial score (nSPS) is 26.5. The summed E-state index contributed by atoms with van der Waals surface area (Å²) in [4.78, 5) is 17.4. The molecule has 2 heterocycles. The quantitative estimate of drug-likeness (QED) is 0.832. The highest BCUT2D eigenvalue weighted by molar-refractivity contribution is 9.10. The molecule has 3 nitrogen and oxygen atoms in total. The second kappa shape index (κ2) is 6.49. The van der Waals surface area contributed by atoms with Gasteiger partial charge in [-0.3, -0.25) is 9.69 Å². The maximum Gasteiger partial charge on any atom is 0.254 e. The van der Waals surface area contributed by atoms with Crippen molar-refractivity contribution < 1.29 is 4.79 Å². The zero-order valence-corrected chi connectivity index (χ0v) is 14.2. The number of rotatable bonds is 3. The predicted octanol–water partition coefficient (Wildman–Crippen LogP) is 3.54. The molecule has 0 spiro atoms. The fourth-order valence-corrected chi connectivity index (χ4v) is 3.85. The summed E-state index contributed by atoms with van der Waals surface area (Å²) in [5, 5.41) is 0. The first-order valence-corrected chi connectivity index (χ1v) is 8.75. The molecule has 1 amide bonds. The van der Waals surface area contributed by atoms with Crippen molar-refractivity contribution in [3.05, 3.63) is 34.3 Å². The van der Waals surface area contributed by atoms with Crippen molar-refractivity contribution in [1.29, 1.82) is 0 Å². The number of carbonyl (C=O) groups is 1. The van der Waals surface area contributed by atoms with Crippen LogP contribution in [0.25, 0.3) is 0 Å². The molecular weight excluding hydrogens is 328 g/mol. The number of halogens is 1. The zero-order chi connectivity index (χ0) is 14.8. The molecule has 0 aromatic heterocycles. The molecule has 0 radical (unpaired) electrons. The van der Waals surface area contributed by atoms with Crippen molar-refractivity contribution >= 4 is 21.8 Å². The Hall–Kier alpha value is -0.870. The maximum absolute atomic E-state index is 12.7. The Morgan fingerprint density at radius 2 is 1.90 bits per heavy atom. The number of amides is 1. The Bertz CT molecular complexity index is 502. The third-order valence-electron chi connectivity index (χ3n) is 4.87. The van der Waals surface area contributed by atoms with Gasteiger partial charge in [-0.05, 0) is 63.4 Å². The minimum Gasteiger partial charge on any atom is -0.334 e. The van der Waals surface area contributed by atoms with Gasteiger partial charge in [-0.25, -0.2) is 0 Å². The van der Waals surface area contributed by atoms with E-state index in [1.165, 1.54) is 19.4 Å². The molecule has 1 aromatic rings. The van der Waals surface area contributed by atoms with E-state index in [1.807, 2.05) is 24.3 Å². The molecule has 4 heteroatoms. The van der Waals surface area contributed by atoms with Crippen LogP contribution in [0.3, 0.4) is 0 Å². The van der Waals surface area contributed by atoms with E-state index in [9.17, 15) is 4.79 Å². The van der Waals surface area contributed by atoms with Crippen LogP contribution in [0.1, 0.15) is 43.0 Å². The van der Waals surface area contributed by atoms with Gasteiger partial charge in [0, 0.05) is 35.2 Å².